The summed E-state index contributed by atoms with van der Waals surface area (Å²) < 4.78 is 0.157. The Morgan fingerprint density at radius 1 is 1.13 bits per heavy atom. The van der Waals surface area contributed by atoms with E-state index < -0.39 is 12.1 Å². The summed E-state index contributed by atoms with van der Waals surface area (Å²) in [5.41, 5.74) is 0. The highest BCUT2D eigenvalue weighted by atomic mass is 127. The van der Waals surface area contributed by atoms with E-state index in [-0.39, 0.29) is 15.6 Å². The fourth-order valence-corrected chi connectivity index (χ4v) is 1.12. The molecule has 0 aliphatic carbocycles. The van der Waals surface area contributed by atoms with Gasteiger partial charge >= 0.3 is 0 Å². The van der Waals surface area contributed by atoms with E-state index in [0.29, 0.717) is 4.43 Å². The van der Waals surface area contributed by atoms with Crippen LogP contribution in [0, 0.1) is 0 Å². The lowest BCUT2D eigenvalue weighted by atomic mass is 10.3. The molecule has 0 aromatic rings. The van der Waals surface area contributed by atoms with Gasteiger partial charge < -0.3 is 10.6 Å². The van der Waals surface area contributed by atoms with Crippen molar-refractivity contribution in [3.8, 4) is 0 Å². The van der Waals surface area contributed by atoms with E-state index in [0.717, 1.165) is 0 Å². The highest BCUT2D eigenvalue weighted by Crippen LogP contribution is 1.95. The van der Waals surface area contributed by atoms with Crippen LogP contribution in [0.4, 0.5) is 0 Å². The summed E-state index contributed by atoms with van der Waals surface area (Å²) in [6, 6.07) is -1.15. The van der Waals surface area contributed by atoms with Gasteiger partial charge in [-0.25, -0.2) is 0 Å². The van der Waals surface area contributed by atoms with Crippen molar-refractivity contribution in [1.29, 1.82) is 0 Å². The first kappa shape index (κ1) is 15.1. The first-order valence-electron chi connectivity index (χ1n) is 4.23. The van der Waals surface area contributed by atoms with Crippen molar-refractivity contribution in [3.05, 3.63) is 0 Å². The molecule has 0 fully saturated rings. The van der Waals surface area contributed by atoms with E-state index >= 15 is 0 Å². The number of nitrogens with one attached hydrogen (secondary N) is 2. The van der Waals surface area contributed by atoms with Gasteiger partial charge in [0.25, 0.3) is 0 Å². The Kier molecular flexibility index (Phi) is 7.40. The van der Waals surface area contributed by atoms with Gasteiger partial charge in [0.2, 0.25) is 15.6 Å². The zero-order valence-corrected chi connectivity index (χ0v) is 12.7. The molecule has 0 saturated heterocycles. The number of amides is 2. The second-order valence-corrected chi connectivity index (χ2v) is 4.78. The van der Waals surface area contributed by atoms with Crippen LogP contribution in [0.2, 0.25) is 0 Å². The fourth-order valence-electron chi connectivity index (χ4n) is 0.741. The summed E-state index contributed by atoms with van der Waals surface area (Å²) in [4.78, 5) is 33.3. The maximum Gasteiger partial charge on any atom is 0.242 e. The zero-order chi connectivity index (χ0) is 12.0. The van der Waals surface area contributed by atoms with Gasteiger partial charge in [0.1, 0.15) is 6.04 Å². The lowest BCUT2D eigenvalue weighted by Gasteiger charge is -2.15. The van der Waals surface area contributed by atoms with Gasteiger partial charge in [-0.1, -0.05) is 22.6 Å². The van der Waals surface area contributed by atoms with Crippen LogP contribution >= 0.6 is 45.2 Å². The van der Waals surface area contributed by atoms with E-state index in [1.807, 2.05) is 22.6 Å². The molecular formula is C8H12I2N2O3. The largest absolute Gasteiger partial charge is 0.344 e. The Labute approximate surface area is 115 Å². The summed E-state index contributed by atoms with van der Waals surface area (Å²) in [6.45, 7) is 3.17. The molecule has 0 saturated carbocycles. The lowest BCUT2D eigenvalue weighted by molar-refractivity contribution is -0.128. The van der Waals surface area contributed by atoms with Crippen LogP contribution in [-0.4, -0.2) is 32.1 Å². The lowest BCUT2D eigenvalue weighted by Crippen LogP contribution is -2.48. The van der Waals surface area contributed by atoms with Crippen molar-refractivity contribution in [1.82, 2.24) is 10.6 Å². The van der Waals surface area contributed by atoms with Gasteiger partial charge in [-0.2, -0.15) is 0 Å². The third-order valence-corrected chi connectivity index (χ3v) is 3.22. The van der Waals surface area contributed by atoms with E-state index in [4.69, 9.17) is 0 Å². The Morgan fingerprint density at radius 3 is 2.07 bits per heavy atom. The van der Waals surface area contributed by atoms with Gasteiger partial charge in [-0.05, 0) is 13.8 Å². The molecule has 2 atom stereocenters. The number of alkyl halides is 1. The number of rotatable bonds is 5. The molecule has 15 heavy (non-hydrogen) atoms. The first-order valence-corrected chi connectivity index (χ1v) is 6.84. The van der Waals surface area contributed by atoms with Crippen LogP contribution in [0.15, 0.2) is 0 Å². The van der Waals surface area contributed by atoms with Gasteiger partial charge in [-0.3, -0.25) is 14.4 Å². The minimum absolute atomic E-state index is 0.145. The monoisotopic (exact) mass is 438 g/mol. The Bertz CT molecular complexity index is 271. The Hall–Kier alpha value is 0.0700. The van der Waals surface area contributed by atoms with Crippen LogP contribution in [0.25, 0.3) is 0 Å². The van der Waals surface area contributed by atoms with Crippen LogP contribution in [0.1, 0.15) is 13.8 Å². The predicted molar refractivity (Wildman–Crippen MR) is 73.1 cm³/mol. The molecule has 0 bridgehead atoms. The van der Waals surface area contributed by atoms with E-state index in [1.54, 1.807) is 36.4 Å². The summed E-state index contributed by atoms with van der Waals surface area (Å²) in [7, 11) is 0. The first-order chi connectivity index (χ1) is 6.88. The summed E-state index contributed by atoms with van der Waals surface area (Å²) >= 11 is 3.52. The van der Waals surface area contributed by atoms with Gasteiger partial charge in [-0.15, -0.1) is 0 Å². The average molecular weight is 438 g/mol. The molecular weight excluding hydrogens is 426 g/mol. The Balaban J connectivity index is 4.10. The maximum absolute atomic E-state index is 11.4. The molecule has 0 rings (SSSR count). The van der Waals surface area contributed by atoms with E-state index in [9.17, 15) is 14.4 Å². The smallest absolute Gasteiger partial charge is 0.242 e. The molecule has 0 unspecified atom stereocenters. The number of hydrogen-bond donors (Lipinski definition) is 2. The molecule has 0 aliphatic rings. The van der Waals surface area contributed by atoms with E-state index in [1.165, 1.54) is 0 Å². The molecule has 2 N–H and O–H groups in total. The van der Waals surface area contributed by atoms with Gasteiger partial charge in [0.05, 0.1) is 10.5 Å². The second-order valence-electron chi connectivity index (χ2n) is 2.96. The van der Waals surface area contributed by atoms with Crippen molar-refractivity contribution >= 4 is 60.8 Å². The van der Waals surface area contributed by atoms with Crippen molar-refractivity contribution in [2.75, 3.05) is 4.43 Å². The highest BCUT2D eigenvalue weighted by Gasteiger charge is 2.18. The van der Waals surface area contributed by atoms with Crippen molar-refractivity contribution in [3.63, 3.8) is 0 Å². The molecule has 0 aromatic carbocycles. The standard InChI is InChI=1S/C8H12I2N2O3/c1-4(7(10)14)12-8(15)5(2)11-6(13)3-9/h4-5H,3H2,1-2H3,(H,11,13)(H,12,15)/t4-,5-/m0/s1. The Morgan fingerprint density at radius 2 is 1.67 bits per heavy atom. The zero-order valence-electron chi connectivity index (χ0n) is 8.34. The van der Waals surface area contributed by atoms with Crippen LogP contribution in [0.3, 0.4) is 0 Å². The number of carbonyl (C=O) groups is 3. The molecule has 7 heteroatoms. The van der Waals surface area contributed by atoms with Gasteiger partial charge in [0, 0.05) is 22.6 Å². The number of halogens is 2. The van der Waals surface area contributed by atoms with Crippen molar-refractivity contribution in [2.24, 2.45) is 0 Å². The third kappa shape index (κ3) is 6.28. The molecule has 0 spiro atoms. The summed E-state index contributed by atoms with van der Waals surface area (Å²) in [6.07, 6.45) is 0. The van der Waals surface area contributed by atoms with Gasteiger partial charge in [0.15, 0.2) is 0 Å². The fraction of sp³-hybridized carbons (Fsp3) is 0.625. The molecule has 0 aliphatic heterocycles. The van der Waals surface area contributed by atoms with E-state index in [2.05, 4.69) is 10.6 Å². The molecule has 0 aromatic heterocycles. The number of hydrogen-bond acceptors (Lipinski definition) is 3. The molecule has 5 nitrogen and oxygen atoms in total. The number of carbonyl (C=O) groups excluding carboxylic acids is 3. The molecule has 86 valence electrons. The third-order valence-electron chi connectivity index (χ3n) is 1.59. The van der Waals surface area contributed by atoms with Crippen molar-refractivity contribution in [2.45, 2.75) is 25.9 Å². The molecule has 0 radical (unpaired) electrons. The average Bonchev–Trinajstić information content (AvgIpc) is 2.16. The van der Waals surface area contributed by atoms with Crippen LogP contribution in [-0.2, 0) is 14.4 Å². The molecule has 2 amide bonds. The predicted octanol–water partition coefficient (Wildman–Crippen LogP) is 0.392. The quantitative estimate of drug-likeness (QED) is 0.371. The molecule has 0 heterocycles. The normalized spacial score (nSPS) is 13.9. The second kappa shape index (κ2) is 7.36. The van der Waals surface area contributed by atoms with Crippen LogP contribution in [0.5, 0.6) is 0 Å². The topological polar surface area (TPSA) is 75.3 Å². The minimum Gasteiger partial charge on any atom is -0.344 e. The minimum atomic E-state index is -0.620. The summed E-state index contributed by atoms with van der Waals surface area (Å²) in [5, 5.41) is 5.00. The maximum atomic E-state index is 11.4. The summed E-state index contributed by atoms with van der Waals surface area (Å²) in [5.74, 6) is -0.558. The SMILES string of the molecule is C[C@H](NC(=O)[C@H](C)NC(=O)CI)C(=O)I. The van der Waals surface area contributed by atoms with Crippen LogP contribution < -0.4 is 10.6 Å². The highest BCUT2D eigenvalue weighted by molar-refractivity contribution is 14.1. The van der Waals surface area contributed by atoms with Crippen molar-refractivity contribution < 1.29 is 14.4 Å².